The topological polar surface area (TPSA) is 66.1 Å². The highest BCUT2D eigenvalue weighted by molar-refractivity contribution is 9.10. The third-order valence-corrected chi connectivity index (χ3v) is 3.56. The van der Waals surface area contributed by atoms with Gasteiger partial charge in [-0.3, -0.25) is 0 Å². The highest BCUT2D eigenvalue weighted by Crippen LogP contribution is 2.40. The molecule has 1 aromatic heterocycles. The molecule has 0 spiro atoms. The predicted octanol–water partition coefficient (Wildman–Crippen LogP) is 4.52. The van der Waals surface area contributed by atoms with E-state index in [1.54, 1.807) is 0 Å². The number of rotatable bonds is 2. The Morgan fingerprint density at radius 3 is 2.74 bits per heavy atom. The average molecular weight is 360 g/mol. The molecule has 0 aliphatic heterocycles. The van der Waals surface area contributed by atoms with Crippen molar-refractivity contribution < 1.29 is 9.84 Å². The van der Waals surface area contributed by atoms with Gasteiger partial charge in [-0.2, -0.15) is 5.26 Å². The maximum atomic E-state index is 9.63. The Bertz CT molecular complexity index is 686. The molecule has 19 heavy (non-hydrogen) atoms. The maximum Gasteiger partial charge on any atom is 0.256 e. The molecule has 0 unspecified atom stereocenters. The first-order valence-corrected chi connectivity index (χ1v) is 6.47. The van der Waals surface area contributed by atoms with Crippen molar-refractivity contribution in [3.8, 4) is 23.4 Å². The summed E-state index contributed by atoms with van der Waals surface area (Å²) in [5.41, 5.74) is 0.334. The lowest BCUT2D eigenvalue weighted by molar-refractivity contribution is 0.395. The second-order valence-electron chi connectivity index (χ2n) is 3.46. The summed E-state index contributed by atoms with van der Waals surface area (Å²) < 4.78 is 5.91. The van der Waals surface area contributed by atoms with Crippen LogP contribution < -0.4 is 4.74 Å². The molecule has 2 rings (SSSR count). The summed E-state index contributed by atoms with van der Waals surface area (Å²) in [5, 5.41) is 19.0. The molecule has 1 aromatic carbocycles. The second kappa shape index (κ2) is 5.66. The molecule has 7 heteroatoms. The number of aromatic nitrogens is 1. The van der Waals surface area contributed by atoms with Crippen molar-refractivity contribution in [3.05, 3.63) is 44.5 Å². The van der Waals surface area contributed by atoms with Crippen LogP contribution in [-0.4, -0.2) is 10.1 Å². The number of hydrogen-bond donors (Lipinski definition) is 1. The molecule has 0 saturated carbocycles. The largest absolute Gasteiger partial charge is 0.491 e. The lowest BCUT2D eigenvalue weighted by Gasteiger charge is -2.10. The van der Waals surface area contributed by atoms with E-state index in [1.165, 1.54) is 24.4 Å². The second-order valence-corrected chi connectivity index (χ2v) is 5.13. The van der Waals surface area contributed by atoms with Gasteiger partial charge in [-0.1, -0.05) is 23.2 Å². The Hall–Kier alpha value is -1.48. The molecular weight excluding hydrogens is 355 g/mol. The Kier molecular flexibility index (Phi) is 4.15. The molecule has 0 amide bonds. The Morgan fingerprint density at radius 1 is 1.32 bits per heavy atom. The van der Waals surface area contributed by atoms with E-state index in [-0.39, 0.29) is 22.4 Å². The lowest BCUT2D eigenvalue weighted by atomic mass is 10.2. The van der Waals surface area contributed by atoms with Gasteiger partial charge in [0.05, 0.1) is 16.1 Å². The van der Waals surface area contributed by atoms with Gasteiger partial charge in [0, 0.05) is 11.2 Å². The smallest absolute Gasteiger partial charge is 0.256 e. The Balaban J connectivity index is 2.45. The third kappa shape index (κ3) is 3.10. The molecule has 96 valence electrons. The van der Waals surface area contributed by atoms with Gasteiger partial charge < -0.3 is 9.84 Å². The van der Waals surface area contributed by atoms with E-state index < -0.39 is 0 Å². The number of ether oxygens (including phenoxy) is 1. The van der Waals surface area contributed by atoms with E-state index in [1.807, 2.05) is 6.07 Å². The summed E-state index contributed by atoms with van der Waals surface area (Å²) in [6, 6.07) is 6.42. The molecule has 1 N–H and O–H groups in total. The number of pyridine rings is 1. The number of nitriles is 1. The fraction of sp³-hybridized carbons (Fsp3) is 0. The van der Waals surface area contributed by atoms with Crippen LogP contribution in [0.2, 0.25) is 10.0 Å². The zero-order valence-electron chi connectivity index (χ0n) is 9.19. The van der Waals surface area contributed by atoms with Crippen LogP contribution in [0.25, 0.3) is 0 Å². The number of halogens is 3. The van der Waals surface area contributed by atoms with Gasteiger partial charge in [0.2, 0.25) is 5.75 Å². The normalized spacial score (nSPS) is 10.0. The Labute approximate surface area is 127 Å². The van der Waals surface area contributed by atoms with Gasteiger partial charge in [-0.15, -0.1) is 0 Å². The molecule has 0 bridgehead atoms. The lowest BCUT2D eigenvalue weighted by Crippen LogP contribution is -1.90. The monoisotopic (exact) mass is 358 g/mol. The fourth-order valence-electron chi connectivity index (χ4n) is 1.33. The summed E-state index contributed by atoms with van der Waals surface area (Å²) in [6.45, 7) is 0. The molecular formula is C12H5BrCl2N2O2. The minimum absolute atomic E-state index is 0.0119. The maximum absolute atomic E-state index is 9.63. The van der Waals surface area contributed by atoms with Crippen LogP contribution in [0.15, 0.2) is 28.9 Å². The summed E-state index contributed by atoms with van der Waals surface area (Å²) in [7, 11) is 0. The van der Waals surface area contributed by atoms with E-state index in [2.05, 4.69) is 20.9 Å². The van der Waals surface area contributed by atoms with Crippen LogP contribution in [-0.2, 0) is 0 Å². The van der Waals surface area contributed by atoms with Crippen LogP contribution in [0, 0.1) is 11.3 Å². The number of benzene rings is 1. The molecule has 0 aliphatic carbocycles. The van der Waals surface area contributed by atoms with Gasteiger partial charge in [0.15, 0.2) is 0 Å². The van der Waals surface area contributed by atoms with Gasteiger partial charge in [0.1, 0.15) is 10.8 Å². The van der Waals surface area contributed by atoms with Crippen molar-refractivity contribution in [1.29, 1.82) is 5.26 Å². The molecule has 0 radical (unpaired) electrons. The summed E-state index contributed by atoms with van der Waals surface area (Å²) >= 11 is 15.0. The quantitative estimate of drug-likeness (QED) is 0.855. The van der Waals surface area contributed by atoms with Crippen molar-refractivity contribution in [1.82, 2.24) is 4.98 Å². The number of nitrogens with zero attached hydrogens (tertiary/aromatic N) is 2. The van der Waals surface area contributed by atoms with Gasteiger partial charge >= 0.3 is 0 Å². The molecule has 4 nitrogen and oxygen atoms in total. The molecule has 2 aromatic rings. The SMILES string of the molecule is N#Cc1cc(Cl)cc(Oc2c(O)ncc(Br)c2Cl)c1. The molecule has 0 saturated heterocycles. The number of aromatic hydroxyl groups is 1. The van der Waals surface area contributed by atoms with Crippen molar-refractivity contribution in [2.45, 2.75) is 0 Å². The van der Waals surface area contributed by atoms with E-state index in [4.69, 9.17) is 33.2 Å². The summed E-state index contributed by atoms with van der Waals surface area (Å²) in [5.74, 6) is -0.0879. The van der Waals surface area contributed by atoms with Crippen molar-refractivity contribution in [2.24, 2.45) is 0 Å². The van der Waals surface area contributed by atoms with E-state index in [0.29, 0.717) is 15.1 Å². The fourth-order valence-corrected chi connectivity index (χ4v) is 2.01. The molecule has 0 atom stereocenters. The van der Waals surface area contributed by atoms with Gasteiger partial charge in [0.25, 0.3) is 5.88 Å². The zero-order chi connectivity index (χ0) is 14.0. The first-order valence-electron chi connectivity index (χ1n) is 4.92. The van der Waals surface area contributed by atoms with Crippen LogP contribution in [0.1, 0.15) is 5.56 Å². The summed E-state index contributed by atoms with van der Waals surface area (Å²) in [4.78, 5) is 3.70. The van der Waals surface area contributed by atoms with Crippen LogP contribution in [0.3, 0.4) is 0 Å². The molecule has 0 aliphatic rings. The van der Waals surface area contributed by atoms with E-state index in [9.17, 15) is 5.11 Å². The van der Waals surface area contributed by atoms with E-state index in [0.717, 1.165) is 0 Å². The van der Waals surface area contributed by atoms with Crippen LogP contribution >= 0.6 is 39.1 Å². The first-order chi connectivity index (χ1) is 9.01. The van der Waals surface area contributed by atoms with Crippen LogP contribution in [0.5, 0.6) is 17.4 Å². The highest BCUT2D eigenvalue weighted by atomic mass is 79.9. The van der Waals surface area contributed by atoms with Gasteiger partial charge in [-0.25, -0.2) is 4.98 Å². The predicted molar refractivity (Wildman–Crippen MR) is 74.9 cm³/mol. The van der Waals surface area contributed by atoms with Crippen LogP contribution in [0.4, 0.5) is 0 Å². The summed E-state index contributed by atoms with van der Waals surface area (Å²) in [6.07, 6.45) is 1.35. The number of hydrogen-bond acceptors (Lipinski definition) is 4. The molecule has 1 heterocycles. The minimum Gasteiger partial charge on any atom is -0.491 e. The minimum atomic E-state index is -0.355. The average Bonchev–Trinajstić information content (AvgIpc) is 2.38. The highest BCUT2D eigenvalue weighted by Gasteiger charge is 2.14. The molecule has 0 fully saturated rings. The standard InChI is InChI=1S/C12H5BrCl2N2O2/c13-9-5-17-12(18)11(10(9)15)19-8-2-6(4-16)1-7(14)3-8/h1-3,5H,(H,17,18). The first kappa shape index (κ1) is 13.9. The Morgan fingerprint density at radius 2 is 2.05 bits per heavy atom. The van der Waals surface area contributed by atoms with E-state index >= 15 is 0 Å². The third-order valence-electron chi connectivity index (χ3n) is 2.13. The van der Waals surface area contributed by atoms with Crippen molar-refractivity contribution >= 4 is 39.1 Å². The van der Waals surface area contributed by atoms with Gasteiger partial charge in [-0.05, 0) is 34.1 Å². The zero-order valence-corrected chi connectivity index (χ0v) is 12.3. The van der Waals surface area contributed by atoms with Crippen molar-refractivity contribution in [2.75, 3.05) is 0 Å². The van der Waals surface area contributed by atoms with Crippen molar-refractivity contribution in [3.63, 3.8) is 0 Å².